The van der Waals surface area contributed by atoms with Gasteiger partial charge in [0.2, 0.25) is 0 Å². The number of allylic oxidation sites excluding steroid dienone is 1. The van der Waals surface area contributed by atoms with E-state index in [0.29, 0.717) is 0 Å². The maximum atomic E-state index is 3.78. The zero-order valence-corrected chi connectivity index (χ0v) is 17.4. The Balaban J connectivity index is 1.40. The zero-order valence-electron chi connectivity index (χ0n) is 17.4. The molecule has 0 heterocycles. The molecule has 0 aliphatic rings. The van der Waals surface area contributed by atoms with Crippen molar-refractivity contribution < 1.29 is 0 Å². The Morgan fingerprint density at radius 2 is 1.07 bits per heavy atom. The molecule has 148 valence electrons. The normalized spacial score (nSPS) is 11.1. The van der Waals surface area contributed by atoms with Crippen molar-refractivity contribution in [2.45, 2.75) is 96.3 Å². The summed E-state index contributed by atoms with van der Waals surface area (Å²) in [4.78, 5) is 0. The summed E-state index contributed by atoms with van der Waals surface area (Å²) in [6.07, 6.45) is 22.8. The minimum atomic E-state index is 1.20. The largest absolute Gasteiger partial charge is 0.103 e. The van der Waals surface area contributed by atoms with Crippen LogP contribution in [0.5, 0.6) is 0 Å². The van der Waals surface area contributed by atoms with Gasteiger partial charge >= 0.3 is 0 Å². The molecule has 0 N–H and O–H groups in total. The monoisotopic (exact) mass is 364 g/mol. The summed E-state index contributed by atoms with van der Waals surface area (Å²) in [5, 5.41) is 2.83. The molecular formula is C27H40. The van der Waals surface area contributed by atoms with Crippen molar-refractivity contribution in [1.29, 1.82) is 0 Å². The second kappa shape index (κ2) is 14.5. The molecule has 0 spiro atoms. The number of benzene rings is 2. The average molecular weight is 365 g/mol. The van der Waals surface area contributed by atoms with Crippen LogP contribution in [-0.4, -0.2) is 0 Å². The Morgan fingerprint density at radius 1 is 0.556 bits per heavy atom. The van der Waals surface area contributed by atoms with Gasteiger partial charge in [-0.3, -0.25) is 0 Å². The lowest BCUT2D eigenvalue weighted by Crippen LogP contribution is -1.88. The summed E-state index contributed by atoms with van der Waals surface area (Å²) in [6, 6.07) is 15.5. The van der Waals surface area contributed by atoms with E-state index in [-0.39, 0.29) is 0 Å². The smallest absolute Gasteiger partial charge is 0.0152 e. The van der Waals surface area contributed by atoms with E-state index in [9.17, 15) is 0 Å². The molecule has 0 aliphatic carbocycles. The lowest BCUT2D eigenvalue weighted by atomic mass is 9.99. The number of aryl methyl sites for hydroxylation is 1. The Hall–Kier alpha value is -1.56. The van der Waals surface area contributed by atoms with Gasteiger partial charge in [-0.2, -0.15) is 0 Å². The molecule has 2 aromatic rings. The highest BCUT2D eigenvalue weighted by Crippen LogP contribution is 2.21. The van der Waals surface area contributed by atoms with E-state index in [1.165, 1.54) is 113 Å². The number of rotatable bonds is 16. The third-order valence-electron chi connectivity index (χ3n) is 5.73. The lowest BCUT2D eigenvalue weighted by molar-refractivity contribution is 0.537. The molecule has 0 amide bonds. The molecule has 2 rings (SSSR count). The van der Waals surface area contributed by atoms with E-state index >= 15 is 0 Å². The van der Waals surface area contributed by atoms with E-state index in [1.54, 1.807) is 0 Å². The van der Waals surface area contributed by atoms with Crippen molar-refractivity contribution >= 4 is 10.8 Å². The molecular weight excluding hydrogens is 324 g/mol. The summed E-state index contributed by atoms with van der Waals surface area (Å²) in [7, 11) is 0. The van der Waals surface area contributed by atoms with Crippen LogP contribution < -0.4 is 0 Å². The third-order valence-corrected chi connectivity index (χ3v) is 5.73. The van der Waals surface area contributed by atoms with E-state index in [4.69, 9.17) is 0 Å². The van der Waals surface area contributed by atoms with Crippen LogP contribution in [0.15, 0.2) is 55.1 Å². The molecule has 0 saturated carbocycles. The minimum Gasteiger partial charge on any atom is -0.103 e. The number of hydrogen-bond acceptors (Lipinski definition) is 0. The van der Waals surface area contributed by atoms with Gasteiger partial charge in [0, 0.05) is 0 Å². The molecule has 0 aliphatic heterocycles. The number of hydrogen-bond donors (Lipinski definition) is 0. The summed E-state index contributed by atoms with van der Waals surface area (Å²) in [6.45, 7) is 3.78. The summed E-state index contributed by atoms with van der Waals surface area (Å²) >= 11 is 0. The lowest BCUT2D eigenvalue weighted by Gasteiger charge is -2.07. The highest BCUT2D eigenvalue weighted by molar-refractivity contribution is 5.85. The second-order valence-corrected chi connectivity index (χ2v) is 8.06. The topological polar surface area (TPSA) is 0 Å². The molecule has 2 aromatic carbocycles. The first-order valence-corrected chi connectivity index (χ1v) is 11.5. The fourth-order valence-electron chi connectivity index (χ4n) is 4.06. The molecule has 0 radical (unpaired) electrons. The number of fused-ring (bicyclic) bond motifs is 1. The van der Waals surface area contributed by atoms with Gasteiger partial charge in [0.1, 0.15) is 0 Å². The molecule has 0 bridgehead atoms. The molecule has 0 saturated heterocycles. The van der Waals surface area contributed by atoms with Gasteiger partial charge in [0.05, 0.1) is 0 Å². The van der Waals surface area contributed by atoms with Gasteiger partial charge in [0.15, 0.2) is 0 Å². The van der Waals surface area contributed by atoms with Gasteiger partial charge in [-0.15, -0.1) is 6.58 Å². The Labute approximate surface area is 168 Å². The SMILES string of the molecule is C=CCCCCCCCCCCCCCCCc1cccc2ccccc12. The van der Waals surface area contributed by atoms with Crippen molar-refractivity contribution in [2.24, 2.45) is 0 Å². The van der Waals surface area contributed by atoms with Crippen molar-refractivity contribution in [2.75, 3.05) is 0 Å². The molecule has 0 atom stereocenters. The van der Waals surface area contributed by atoms with Gasteiger partial charge in [0.25, 0.3) is 0 Å². The highest BCUT2D eigenvalue weighted by Gasteiger charge is 2.00. The summed E-state index contributed by atoms with van der Waals surface area (Å²) in [5.74, 6) is 0. The Morgan fingerprint density at radius 3 is 1.70 bits per heavy atom. The van der Waals surface area contributed by atoms with Crippen LogP contribution in [-0.2, 0) is 6.42 Å². The van der Waals surface area contributed by atoms with Crippen molar-refractivity contribution in [1.82, 2.24) is 0 Å². The third kappa shape index (κ3) is 9.27. The molecule has 27 heavy (non-hydrogen) atoms. The summed E-state index contributed by atoms with van der Waals surface area (Å²) < 4.78 is 0. The first kappa shape index (κ1) is 21.7. The standard InChI is InChI=1S/C27H40/c1-2-3-4-5-6-7-8-9-10-11-12-13-14-15-16-20-25-22-19-23-26-21-17-18-24-27(25)26/h2,17-19,21-24H,1,3-16,20H2. The van der Waals surface area contributed by atoms with Gasteiger partial charge < -0.3 is 0 Å². The number of unbranched alkanes of at least 4 members (excludes halogenated alkanes) is 13. The van der Waals surface area contributed by atoms with E-state index in [2.05, 4.69) is 49.0 Å². The first-order valence-electron chi connectivity index (χ1n) is 11.5. The predicted octanol–water partition coefficient (Wildman–Crippen LogP) is 9.03. The molecule has 0 heteroatoms. The highest BCUT2D eigenvalue weighted by atomic mass is 14.1. The van der Waals surface area contributed by atoms with Crippen LogP contribution in [0.3, 0.4) is 0 Å². The second-order valence-electron chi connectivity index (χ2n) is 8.06. The first-order chi connectivity index (χ1) is 13.4. The van der Waals surface area contributed by atoms with E-state index < -0.39 is 0 Å². The molecule has 0 fully saturated rings. The van der Waals surface area contributed by atoms with Crippen molar-refractivity contribution in [3.05, 3.63) is 60.7 Å². The fourth-order valence-corrected chi connectivity index (χ4v) is 4.06. The molecule has 0 aromatic heterocycles. The maximum absolute atomic E-state index is 3.78. The van der Waals surface area contributed by atoms with Crippen LogP contribution in [0.4, 0.5) is 0 Å². The average Bonchev–Trinajstić information content (AvgIpc) is 2.71. The van der Waals surface area contributed by atoms with Crippen molar-refractivity contribution in [3.63, 3.8) is 0 Å². The maximum Gasteiger partial charge on any atom is -0.0152 e. The van der Waals surface area contributed by atoms with Gasteiger partial charge in [-0.05, 0) is 42.0 Å². The minimum absolute atomic E-state index is 1.20. The van der Waals surface area contributed by atoms with Gasteiger partial charge in [-0.1, -0.05) is 119 Å². The van der Waals surface area contributed by atoms with Crippen LogP contribution in [0.2, 0.25) is 0 Å². The zero-order chi connectivity index (χ0) is 19.0. The predicted molar refractivity (Wildman–Crippen MR) is 122 cm³/mol. The van der Waals surface area contributed by atoms with Crippen LogP contribution in [0.25, 0.3) is 10.8 Å². The quantitative estimate of drug-likeness (QED) is 0.206. The van der Waals surface area contributed by atoms with Crippen LogP contribution in [0.1, 0.15) is 95.5 Å². The van der Waals surface area contributed by atoms with E-state index in [0.717, 1.165) is 0 Å². The fraction of sp³-hybridized carbons (Fsp3) is 0.556. The Bertz CT molecular complexity index is 619. The van der Waals surface area contributed by atoms with Crippen molar-refractivity contribution in [3.8, 4) is 0 Å². The Kier molecular flexibility index (Phi) is 11.7. The van der Waals surface area contributed by atoms with Crippen LogP contribution >= 0.6 is 0 Å². The van der Waals surface area contributed by atoms with Crippen LogP contribution in [0, 0.1) is 0 Å². The summed E-state index contributed by atoms with van der Waals surface area (Å²) in [5.41, 5.74) is 1.53. The van der Waals surface area contributed by atoms with E-state index in [1.807, 2.05) is 6.08 Å². The molecule has 0 nitrogen and oxygen atoms in total. The van der Waals surface area contributed by atoms with Gasteiger partial charge in [-0.25, -0.2) is 0 Å². The molecule has 0 unspecified atom stereocenters.